The lowest BCUT2D eigenvalue weighted by molar-refractivity contribution is -0.437. The minimum absolute atomic E-state index is 4.40. The van der Waals surface area contributed by atoms with Crippen LogP contribution in [0.1, 0.15) is 0 Å². The van der Waals surface area contributed by atoms with E-state index in [-0.39, 0.29) is 0 Å². The third-order valence-electron chi connectivity index (χ3n) is 2.19. The Morgan fingerprint density at radius 1 is 0.500 bits per heavy atom. The molecule has 0 aromatic heterocycles. The molecule has 2 nitrogen and oxygen atoms in total. The van der Waals surface area contributed by atoms with Crippen LogP contribution in [0.25, 0.3) is 0 Å². The summed E-state index contributed by atoms with van der Waals surface area (Å²) in [5.41, 5.74) is 0. The van der Waals surface area contributed by atoms with Gasteiger partial charge in [-0.25, -0.2) is 9.90 Å². The maximum atomic E-state index is 12.6. The Bertz CT molecular complexity index is 448. The number of carbonyl (C=O) groups is 1. The summed E-state index contributed by atoms with van der Waals surface area (Å²) in [6.07, 6.45) is -7.53. The van der Waals surface area contributed by atoms with Crippen LogP contribution in [0.2, 0.25) is 0 Å². The van der Waals surface area contributed by atoms with Crippen molar-refractivity contribution < 1.29 is 67.0 Å². The second kappa shape index (κ2) is 4.78. The van der Waals surface area contributed by atoms with Crippen LogP contribution in [-0.2, 0) is 9.90 Å². The predicted octanol–water partition coefficient (Wildman–Crippen LogP) is 3.68. The van der Waals surface area contributed by atoms with E-state index in [9.17, 15) is 67.0 Å². The number of hydrogen-bond donors (Lipinski definition) is 0. The molecule has 0 fully saturated rings. The number of rotatable bonds is 5. The van der Waals surface area contributed by atoms with Crippen molar-refractivity contribution in [1.29, 1.82) is 0 Å². The molecule has 0 spiro atoms. The Kier molecular flexibility index (Phi) is 4.46. The number of halogens is 13. The van der Waals surface area contributed by atoms with Gasteiger partial charge in [0.15, 0.2) is 0 Å². The summed E-state index contributed by atoms with van der Waals surface area (Å²) in [5, 5.41) is 9.56. The van der Waals surface area contributed by atoms with Crippen molar-refractivity contribution in [2.75, 3.05) is 0 Å². The first-order valence-electron chi connectivity index (χ1n) is 4.37. The second-order valence-electron chi connectivity index (χ2n) is 3.66. The summed E-state index contributed by atoms with van der Waals surface area (Å²) in [4.78, 5) is 9.56. The van der Waals surface area contributed by atoms with E-state index in [1.807, 2.05) is 0 Å². The molecule has 0 N–H and O–H groups in total. The smallest absolute Gasteiger partial charge is 0.240 e. The molecule has 0 aliphatic rings. The highest BCUT2D eigenvalue weighted by molar-refractivity contribution is 5.76. The van der Waals surface area contributed by atoms with Gasteiger partial charge in [-0.15, -0.1) is 0 Å². The van der Waals surface area contributed by atoms with E-state index in [0.29, 0.717) is 0 Å². The van der Waals surface area contributed by atoms with E-state index in [0.717, 1.165) is 0 Å². The van der Waals surface area contributed by atoms with Crippen molar-refractivity contribution in [2.24, 2.45) is 0 Å². The molecule has 0 rings (SSSR count). The highest BCUT2D eigenvalue weighted by Gasteiger charge is 2.92. The topological polar surface area (TPSA) is 37.0 Å². The summed E-state index contributed by atoms with van der Waals surface area (Å²) in [5.74, 6) is -43.5. The zero-order valence-electron chi connectivity index (χ0n) is 9.23. The summed E-state index contributed by atoms with van der Waals surface area (Å²) in [6.45, 7) is 0. The molecule has 0 aliphatic heterocycles. The number of alkyl halides is 13. The quantitative estimate of drug-likeness (QED) is 0.687. The first-order chi connectivity index (χ1) is 9.19. The van der Waals surface area contributed by atoms with Crippen molar-refractivity contribution >= 4 is 5.97 Å². The van der Waals surface area contributed by atoms with Crippen LogP contribution in [0.3, 0.4) is 0 Å². The second-order valence-corrected chi connectivity index (χ2v) is 3.66. The summed E-state index contributed by atoms with van der Waals surface area (Å²) in [6, 6.07) is 0. The lowest BCUT2D eigenvalue weighted by Gasteiger charge is -2.38. The molecule has 0 aliphatic carbocycles. The van der Waals surface area contributed by atoms with Gasteiger partial charge in [-0.05, 0) is 0 Å². The molecule has 0 aromatic carbocycles. The average molecular weight is 363 g/mol. The van der Waals surface area contributed by atoms with E-state index >= 15 is 0 Å². The molecule has 0 amide bonds. The van der Waals surface area contributed by atoms with Gasteiger partial charge in [-0.1, -0.05) is 0 Å². The Labute approximate surface area is 110 Å². The van der Waals surface area contributed by atoms with E-state index in [1.54, 1.807) is 0 Å². The van der Waals surface area contributed by atoms with Crippen molar-refractivity contribution in [3.8, 4) is 0 Å². The molecule has 131 valence electrons. The molecule has 0 saturated heterocycles. The molecule has 22 heavy (non-hydrogen) atoms. The minimum atomic E-state index is -8.11. The maximum Gasteiger partial charge on any atom is 0.460 e. The van der Waals surface area contributed by atoms with Gasteiger partial charge in [-0.3, -0.25) is 0 Å². The number of hydrogen-bond acceptors (Lipinski definition) is 1. The number of carbonyl (C=O) groups excluding carboxylic acids is 1. The molecule has 0 atom stereocenters. The average Bonchev–Trinajstić information content (AvgIpc) is 2.25. The molecule has 1 radical (unpaired) electrons. The van der Waals surface area contributed by atoms with E-state index in [4.69, 9.17) is 0 Å². The standard InChI is InChI=1S/C7F13O2/c8-2(9,1(21)22)3(10,11)4(12,13)5(14,15)6(16,17)7(18,19)20. The zero-order chi connectivity index (χ0) is 18.6. The molecule has 0 unspecified atom stereocenters. The molecule has 0 aromatic rings. The van der Waals surface area contributed by atoms with Gasteiger partial charge in [0.25, 0.3) is 0 Å². The van der Waals surface area contributed by atoms with Crippen LogP contribution in [0.15, 0.2) is 0 Å². The zero-order valence-corrected chi connectivity index (χ0v) is 9.23. The third kappa shape index (κ3) is 2.33. The lowest BCUT2D eigenvalue weighted by atomic mass is 9.94. The normalized spacial score (nSPS) is 15.9. The van der Waals surface area contributed by atoms with Crippen LogP contribution >= 0.6 is 0 Å². The van der Waals surface area contributed by atoms with Crippen molar-refractivity contribution in [2.45, 2.75) is 35.8 Å². The van der Waals surface area contributed by atoms with Crippen LogP contribution < -0.4 is 0 Å². The summed E-state index contributed by atoms with van der Waals surface area (Å²) < 4.78 is 159. The molecular formula is C7F13O2. The fourth-order valence-corrected chi connectivity index (χ4v) is 0.898. The molecule has 15 heteroatoms. The Morgan fingerprint density at radius 2 is 0.773 bits per heavy atom. The van der Waals surface area contributed by atoms with Crippen LogP contribution in [0, 0.1) is 0 Å². The van der Waals surface area contributed by atoms with Crippen LogP contribution in [-0.4, -0.2) is 41.8 Å². The monoisotopic (exact) mass is 363 g/mol. The summed E-state index contributed by atoms with van der Waals surface area (Å²) in [7, 11) is 0. The minimum Gasteiger partial charge on any atom is -0.240 e. The largest absolute Gasteiger partial charge is 0.460 e. The molecule has 0 saturated carbocycles. The van der Waals surface area contributed by atoms with Gasteiger partial charge in [0.1, 0.15) is 0 Å². The van der Waals surface area contributed by atoms with Gasteiger partial charge in [0, 0.05) is 0 Å². The molecular weight excluding hydrogens is 363 g/mol. The Balaban J connectivity index is 6.29. The Morgan fingerprint density at radius 3 is 1.00 bits per heavy atom. The highest BCUT2D eigenvalue weighted by atomic mass is 19.4. The SMILES string of the molecule is [O]C(=O)C(F)(F)C(F)(F)C(F)(F)C(F)(F)C(F)(F)C(F)(F)F. The van der Waals surface area contributed by atoms with E-state index < -0.39 is 41.8 Å². The van der Waals surface area contributed by atoms with Gasteiger partial charge in [0.05, 0.1) is 0 Å². The predicted molar refractivity (Wildman–Crippen MR) is 36.5 cm³/mol. The molecule has 0 bridgehead atoms. The van der Waals surface area contributed by atoms with Crippen molar-refractivity contribution in [1.82, 2.24) is 0 Å². The summed E-state index contributed by atoms with van der Waals surface area (Å²) >= 11 is 0. The van der Waals surface area contributed by atoms with Gasteiger partial charge in [-0.2, -0.15) is 57.1 Å². The van der Waals surface area contributed by atoms with Gasteiger partial charge in [0.2, 0.25) is 0 Å². The first-order valence-corrected chi connectivity index (χ1v) is 4.37. The lowest BCUT2D eigenvalue weighted by Crippen LogP contribution is -2.71. The molecule has 0 heterocycles. The van der Waals surface area contributed by atoms with Crippen LogP contribution in [0.4, 0.5) is 57.1 Å². The highest BCUT2D eigenvalue weighted by Crippen LogP contribution is 2.60. The van der Waals surface area contributed by atoms with Gasteiger partial charge >= 0.3 is 41.8 Å². The fourth-order valence-electron chi connectivity index (χ4n) is 0.898. The van der Waals surface area contributed by atoms with E-state index in [1.165, 1.54) is 0 Å². The fraction of sp³-hybridized carbons (Fsp3) is 0.857. The first kappa shape index (κ1) is 20.6. The third-order valence-corrected chi connectivity index (χ3v) is 2.19. The maximum absolute atomic E-state index is 12.6. The van der Waals surface area contributed by atoms with Crippen LogP contribution in [0.5, 0.6) is 0 Å². The Hall–Kier alpha value is -1.44. The van der Waals surface area contributed by atoms with E-state index in [2.05, 4.69) is 0 Å². The van der Waals surface area contributed by atoms with Crippen molar-refractivity contribution in [3.63, 3.8) is 0 Å². The van der Waals surface area contributed by atoms with Crippen molar-refractivity contribution in [3.05, 3.63) is 0 Å². The van der Waals surface area contributed by atoms with Gasteiger partial charge < -0.3 is 0 Å².